The van der Waals surface area contributed by atoms with Gasteiger partial charge >= 0.3 is 5.91 Å². The quantitative estimate of drug-likeness (QED) is 0.688. The molecule has 2 bridgehead atoms. The van der Waals surface area contributed by atoms with Crippen LogP contribution in [0.3, 0.4) is 0 Å². The molecule has 4 nitrogen and oxygen atoms in total. The summed E-state index contributed by atoms with van der Waals surface area (Å²) >= 11 is 3.16. The second kappa shape index (κ2) is 4.88. The van der Waals surface area contributed by atoms with Gasteiger partial charge in [0.25, 0.3) is 0 Å². The van der Waals surface area contributed by atoms with Crippen molar-refractivity contribution in [3.05, 3.63) is 22.6 Å². The van der Waals surface area contributed by atoms with Crippen LogP contribution in [0.4, 0.5) is 0 Å². The van der Waals surface area contributed by atoms with Crippen LogP contribution in [-0.2, 0) is 0 Å². The first kappa shape index (κ1) is 12.0. The highest BCUT2D eigenvalue weighted by molar-refractivity contribution is 9.10. The molecule has 1 heterocycles. The molecule has 0 aliphatic heterocycles. The topological polar surface area (TPSA) is 54.6 Å². The molecule has 0 unspecified atom stereocenters. The largest absolute Gasteiger partial charge is 0.444 e. The van der Waals surface area contributed by atoms with Crippen LogP contribution >= 0.6 is 15.9 Å². The normalized spacial score (nSPS) is 30.2. The number of carbonyl (C=O) groups is 1. The molecule has 1 N–H and O–H groups in total. The molecule has 0 saturated heterocycles. The summed E-state index contributed by atoms with van der Waals surface area (Å²) in [6.45, 7) is 0. The summed E-state index contributed by atoms with van der Waals surface area (Å²) in [5.74, 6) is 2.19. The third-order valence-corrected chi connectivity index (χ3v) is 4.45. The molecule has 1 aromatic heterocycles. The van der Waals surface area contributed by atoms with Gasteiger partial charge in [-0.3, -0.25) is 4.79 Å². The predicted molar refractivity (Wildman–Crippen MR) is 71.3 cm³/mol. The Kier molecular flexibility index (Phi) is 3.24. The molecule has 2 aliphatic rings. The van der Waals surface area contributed by atoms with Crippen LogP contribution in [0.1, 0.15) is 36.2 Å². The van der Waals surface area contributed by atoms with E-state index in [4.69, 9.17) is 4.42 Å². The van der Waals surface area contributed by atoms with Crippen LogP contribution in [0.25, 0.3) is 0 Å². The summed E-state index contributed by atoms with van der Waals surface area (Å²) in [7, 11) is 0. The van der Waals surface area contributed by atoms with E-state index in [1.165, 1.54) is 25.7 Å². The van der Waals surface area contributed by atoms with Gasteiger partial charge in [0.15, 0.2) is 10.4 Å². The van der Waals surface area contributed by atoms with Crippen molar-refractivity contribution in [1.29, 1.82) is 0 Å². The smallest absolute Gasteiger partial charge is 0.307 e. The average molecular weight is 311 g/mol. The van der Waals surface area contributed by atoms with Gasteiger partial charge in [-0.2, -0.15) is 5.10 Å². The Morgan fingerprint density at radius 1 is 1.44 bits per heavy atom. The Morgan fingerprint density at radius 2 is 2.33 bits per heavy atom. The van der Waals surface area contributed by atoms with E-state index >= 15 is 0 Å². The Balaban J connectivity index is 1.53. The van der Waals surface area contributed by atoms with Gasteiger partial charge in [-0.05, 0) is 65.1 Å². The number of furan rings is 1. The first-order chi connectivity index (χ1) is 8.72. The highest BCUT2D eigenvalue weighted by Crippen LogP contribution is 2.47. The van der Waals surface area contributed by atoms with Gasteiger partial charge < -0.3 is 4.42 Å². The average Bonchev–Trinajstić information content (AvgIpc) is 3.04. The number of carbonyl (C=O) groups excluding carboxylic acids is 1. The fourth-order valence-electron chi connectivity index (χ4n) is 3.16. The number of hydrazone groups is 1. The maximum atomic E-state index is 11.7. The predicted octanol–water partition coefficient (Wildman–Crippen LogP) is 3.19. The monoisotopic (exact) mass is 310 g/mol. The number of nitrogens with zero attached hydrogens (tertiary/aromatic N) is 1. The molecule has 1 aromatic rings. The van der Waals surface area contributed by atoms with Crippen molar-refractivity contribution < 1.29 is 9.21 Å². The van der Waals surface area contributed by atoms with E-state index in [2.05, 4.69) is 26.5 Å². The minimum absolute atomic E-state index is 0.270. The maximum absolute atomic E-state index is 11.7. The number of fused-ring (bicyclic) bond motifs is 2. The number of nitrogens with one attached hydrogen (secondary N) is 1. The fourth-order valence-corrected chi connectivity index (χ4v) is 3.47. The maximum Gasteiger partial charge on any atom is 0.307 e. The first-order valence-electron chi connectivity index (χ1n) is 6.31. The molecule has 0 radical (unpaired) electrons. The number of hydrogen-bond acceptors (Lipinski definition) is 3. The van der Waals surface area contributed by atoms with Crippen molar-refractivity contribution in [1.82, 2.24) is 5.43 Å². The van der Waals surface area contributed by atoms with Crippen molar-refractivity contribution in [3.8, 4) is 0 Å². The van der Waals surface area contributed by atoms with Crippen LogP contribution < -0.4 is 5.43 Å². The van der Waals surface area contributed by atoms with E-state index < -0.39 is 0 Å². The number of amides is 1. The van der Waals surface area contributed by atoms with Crippen LogP contribution in [-0.4, -0.2) is 12.1 Å². The summed E-state index contributed by atoms with van der Waals surface area (Å²) in [5, 5.41) is 4.06. The van der Waals surface area contributed by atoms with E-state index in [9.17, 15) is 4.79 Å². The van der Waals surface area contributed by atoms with Crippen molar-refractivity contribution in [2.75, 3.05) is 0 Å². The van der Waals surface area contributed by atoms with Crippen molar-refractivity contribution in [2.24, 2.45) is 22.9 Å². The van der Waals surface area contributed by atoms with Crippen LogP contribution in [0.15, 0.2) is 26.3 Å². The zero-order valence-electron chi connectivity index (χ0n) is 9.93. The standard InChI is InChI=1S/C13H15BrN2O2/c14-12-4-3-11(18-12)13(17)16-15-7-10-6-8-1-2-9(10)5-8/h3-4,7-10H,1-2,5-6H2,(H,16,17)/b15-7-/t8-,9+,10-/m0/s1. The lowest BCUT2D eigenvalue weighted by atomic mass is 9.90. The lowest BCUT2D eigenvalue weighted by Gasteiger charge is -2.16. The molecule has 0 aromatic carbocycles. The highest BCUT2D eigenvalue weighted by atomic mass is 79.9. The zero-order chi connectivity index (χ0) is 12.5. The third-order valence-electron chi connectivity index (χ3n) is 4.02. The van der Waals surface area contributed by atoms with Gasteiger partial charge in [0, 0.05) is 6.21 Å². The molecule has 18 heavy (non-hydrogen) atoms. The number of halogens is 1. The molecule has 3 atom stereocenters. The number of hydrogen-bond donors (Lipinski definition) is 1. The molecular weight excluding hydrogens is 296 g/mol. The highest BCUT2D eigenvalue weighted by Gasteiger charge is 2.38. The Labute approximate surface area is 114 Å². The van der Waals surface area contributed by atoms with Gasteiger partial charge in [-0.1, -0.05) is 6.42 Å². The van der Waals surface area contributed by atoms with Crippen molar-refractivity contribution in [2.45, 2.75) is 25.7 Å². The van der Waals surface area contributed by atoms with E-state index in [1.54, 1.807) is 12.1 Å². The van der Waals surface area contributed by atoms with Gasteiger partial charge in [0.2, 0.25) is 0 Å². The summed E-state index contributed by atoms with van der Waals surface area (Å²) in [5.41, 5.74) is 2.51. The second-order valence-electron chi connectivity index (χ2n) is 5.16. The van der Waals surface area contributed by atoms with E-state index in [0.717, 1.165) is 11.8 Å². The molecule has 2 saturated carbocycles. The molecule has 5 heteroatoms. The third kappa shape index (κ3) is 2.36. The summed E-state index contributed by atoms with van der Waals surface area (Å²) in [6, 6.07) is 3.31. The molecule has 2 fully saturated rings. The van der Waals surface area contributed by atoms with Gasteiger partial charge in [-0.15, -0.1) is 0 Å². The summed E-state index contributed by atoms with van der Waals surface area (Å²) in [4.78, 5) is 11.7. The molecule has 96 valence electrons. The van der Waals surface area contributed by atoms with Gasteiger partial charge in [0.05, 0.1) is 0 Å². The summed E-state index contributed by atoms with van der Waals surface area (Å²) < 4.78 is 5.69. The molecule has 0 spiro atoms. The zero-order valence-corrected chi connectivity index (χ0v) is 11.5. The molecule has 1 amide bonds. The van der Waals surface area contributed by atoms with Crippen LogP contribution in [0.2, 0.25) is 0 Å². The van der Waals surface area contributed by atoms with Gasteiger partial charge in [0.1, 0.15) is 0 Å². The van der Waals surface area contributed by atoms with Crippen LogP contribution in [0.5, 0.6) is 0 Å². The fraction of sp³-hybridized carbons (Fsp3) is 0.538. The second-order valence-corrected chi connectivity index (χ2v) is 5.94. The Bertz CT molecular complexity index is 483. The minimum atomic E-state index is -0.305. The lowest BCUT2D eigenvalue weighted by molar-refractivity contribution is 0.0926. The van der Waals surface area contributed by atoms with Gasteiger partial charge in [-0.25, -0.2) is 5.43 Å². The Morgan fingerprint density at radius 3 is 2.94 bits per heavy atom. The first-order valence-corrected chi connectivity index (χ1v) is 7.10. The lowest BCUT2D eigenvalue weighted by Crippen LogP contribution is -2.19. The van der Waals surface area contributed by atoms with E-state index in [1.807, 2.05) is 6.21 Å². The molecule has 2 aliphatic carbocycles. The Hall–Kier alpha value is -1.10. The van der Waals surface area contributed by atoms with Crippen molar-refractivity contribution >= 4 is 28.1 Å². The van der Waals surface area contributed by atoms with Crippen molar-refractivity contribution in [3.63, 3.8) is 0 Å². The molecule has 3 rings (SSSR count). The molecular formula is C13H15BrN2O2. The van der Waals surface area contributed by atoms with Crippen LogP contribution in [0, 0.1) is 17.8 Å². The van der Waals surface area contributed by atoms with E-state index in [-0.39, 0.29) is 11.7 Å². The minimum Gasteiger partial charge on any atom is -0.444 e. The summed E-state index contributed by atoms with van der Waals surface area (Å²) in [6.07, 6.45) is 7.17. The SMILES string of the molecule is O=C(N/N=C\[C@@H]1C[C@H]2CC[C@@H]1C2)c1ccc(Br)o1. The number of rotatable bonds is 3. The van der Waals surface area contributed by atoms with E-state index in [0.29, 0.717) is 10.6 Å².